The summed E-state index contributed by atoms with van der Waals surface area (Å²) in [5.74, 6) is -0.463. The number of nitrogens with zero attached hydrogens (tertiary/aromatic N) is 1. The van der Waals surface area contributed by atoms with Gasteiger partial charge >= 0.3 is 10.8 Å². The number of aromatic amines is 1. The molecule has 0 aliphatic carbocycles. The number of rotatable bonds is 4. The summed E-state index contributed by atoms with van der Waals surface area (Å²) >= 11 is 1.07. The molecule has 2 rings (SSSR count). The lowest BCUT2D eigenvalue weighted by Gasteiger charge is -2.35. The smallest absolute Gasteiger partial charge is 0.356 e. The lowest BCUT2D eigenvalue weighted by atomic mass is 10.2. The van der Waals surface area contributed by atoms with E-state index in [1.54, 1.807) is 6.92 Å². The summed E-state index contributed by atoms with van der Waals surface area (Å²) in [4.78, 5) is 28.6. The van der Waals surface area contributed by atoms with Gasteiger partial charge in [-0.2, -0.15) is 0 Å². The molecule has 1 aromatic heterocycles. The molecule has 0 saturated carbocycles. The van der Waals surface area contributed by atoms with Crippen molar-refractivity contribution in [3.05, 3.63) is 20.2 Å². The van der Waals surface area contributed by atoms with Crippen LogP contribution in [0.4, 0.5) is 0 Å². The van der Waals surface area contributed by atoms with Gasteiger partial charge in [0.1, 0.15) is 5.69 Å². The Morgan fingerprint density at radius 3 is 2.70 bits per heavy atom. The predicted octanol–water partition coefficient (Wildman–Crippen LogP) is 1.22. The number of hydrogen-bond donors (Lipinski definition) is 1. The Morgan fingerprint density at radius 1 is 1.45 bits per heavy atom. The van der Waals surface area contributed by atoms with Crippen LogP contribution in [-0.4, -0.2) is 47.8 Å². The van der Waals surface area contributed by atoms with Crippen molar-refractivity contribution in [3.63, 3.8) is 0 Å². The SMILES string of the molecule is CCOC(=O)c1[nH]c(=O)sc1CN1CC(C)OC(C)C1. The number of morpholine rings is 1. The van der Waals surface area contributed by atoms with Crippen LogP contribution in [0.1, 0.15) is 36.1 Å². The lowest BCUT2D eigenvalue weighted by Crippen LogP contribution is -2.44. The molecule has 0 amide bonds. The summed E-state index contributed by atoms with van der Waals surface area (Å²) in [6, 6.07) is 0. The molecule has 112 valence electrons. The van der Waals surface area contributed by atoms with Gasteiger partial charge in [-0.1, -0.05) is 11.3 Å². The minimum atomic E-state index is -0.463. The van der Waals surface area contributed by atoms with E-state index in [1.807, 2.05) is 13.8 Å². The number of hydrogen-bond acceptors (Lipinski definition) is 6. The van der Waals surface area contributed by atoms with Gasteiger partial charge in [-0.3, -0.25) is 9.69 Å². The van der Waals surface area contributed by atoms with Gasteiger partial charge < -0.3 is 14.5 Å². The fourth-order valence-corrected chi connectivity index (χ4v) is 3.32. The summed E-state index contributed by atoms with van der Waals surface area (Å²) < 4.78 is 10.6. The van der Waals surface area contributed by atoms with Gasteiger partial charge in [0.2, 0.25) is 0 Å². The zero-order valence-corrected chi connectivity index (χ0v) is 12.8. The third-order valence-electron chi connectivity index (χ3n) is 3.06. The number of thiazole rings is 1. The van der Waals surface area contributed by atoms with Gasteiger partial charge in [0.05, 0.1) is 23.7 Å². The summed E-state index contributed by atoms with van der Waals surface area (Å²) in [6.45, 7) is 8.23. The summed E-state index contributed by atoms with van der Waals surface area (Å²) in [5.41, 5.74) is 0.286. The Hall–Kier alpha value is -1.18. The van der Waals surface area contributed by atoms with Crippen LogP contribution in [-0.2, 0) is 16.0 Å². The first-order valence-corrected chi connectivity index (χ1v) is 7.58. The first kappa shape index (κ1) is 15.2. The molecule has 1 saturated heterocycles. The number of aromatic nitrogens is 1. The average molecular weight is 300 g/mol. The minimum absolute atomic E-state index is 0.153. The van der Waals surface area contributed by atoms with Crippen molar-refractivity contribution in [2.24, 2.45) is 0 Å². The van der Waals surface area contributed by atoms with Crippen molar-refractivity contribution in [2.75, 3.05) is 19.7 Å². The zero-order valence-electron chi connectivity index (χ0n) is 12.0. The number of carbonyl (C=O) groups excluding carboxylic acids is 1. The van der Waals surface area contributed by atoms with Gasteiger partial charge in [-0.05, 0) is 20.8 Å². The summed E-state index contributed by atoms with van der Waals surface area (Å²) in [7, 11) is 0. The Bertz CT molecular complexity index is 515. The highest BCUT2D eigenvalue weighted by Crippen LogP contribution is 2.18. The monoisotopic (exact) mass is 300 g/mol. The Balaban J connectivity index is 2.12. The highest BCUT2D eigenvalue weighted by molar-refractivity contribution is 7.09. The Kier molecular flexibility index (Phi) is 4.95. The van der Waals surface area contributed by atoms with Gasteiger partial charge in [-0.25, -0.2) is 4.79 Å². The number of H-pyrrole nitrogens is 1. The molecule has 0 aromatic carbocycles. The van der Waals surface area contributed by atoms with Crippen LogP contribution in [0.3, 0.4) is 0 Å². The molecule has 2 heterocycles. The second-order valence-corrected chi connectivity index (χ2v) is 6.05. The number of ether oxygens (including phenoxy) is 2. The predicted molar refractivity (Wildman–Crippen MR) is 76.2 cm³/mol. The van der Waals surface area contributed by atoms with E-state index in [4.69, 9.17) is 9.47 Å². The van der Waals surface area contributed by atoms with Crippen molar-refractivity contribution in [1.29, 1.82) is 0 Å². The van der Waals surface area contributed by atoms with Crippen molar-refractivity contribution in [2.45, 2.75) is 39.5 Å². The Labute approximate surface area is 121 Å². The molecule has 1 aliphatic heterocycles. The van der Waals surface area contributed by atoms with Crippen molar-refractivity contribution in [1.82, 2.24) is 9.88 Å². The molecule has 7 heteroatoms. The molecular formula is C13H20N2O4S. The third-order valence-corrected chi connectivity index (χ3v) is 3.93. The first-order valence-electron chi connectivity index (χ1n) is 6.76. The number of carbonyl (C=O) groups is 1. The number of nitrogens with one attached hydrogen (secondary N) is 1. The molecule has 2 atom stereocenters. The van der Waals surface area contributed by atoms with E-state index in [2.05, 4.69) is 9.88 Å². The van der Waals surface area contributed by atoms with E-state index in [0.717, 1.165) is 29.3 Å². The highest BCUT2D eigenvalue weighted by atomic mass is 32.1. The molecule has 1 N–H and O–H groups in total. The first-order chi connectivity index (χ1) is 9.49. The fraction of sp³-hybridized carbons (Fsp3) is 0.692. The minimum Gasteiger partial charge on any atom is -0.461 e. The molecule has 1 aliphatic rings. The maximum Gasteiger partial charge on any atom is 0.356 e. The molecule has 0 radical (unpaired) electrons. The van der Waals surface area contributed by atoms with E-state index >= 15 is 0 Å². The van der Waals surface area contributed by atoms with Crippen LogP contribution in [0.15, 0.2) is 4.79 Å². The molecule has 0 bridgehead atoms. The number of esters is 1. The van der Waals surface area contributed by atoms with Gasteiger partial charge in [-0.15, -0.1) is 0 Å². The van der Waals surface area contributed by atoms with Gasteiger partial charge in [0, 0.05) is 19.6 Å². The van der Waals surface area contributed by atoms with E-state index in [9.17, 15) is 9.59 Å². The maximum atomic E-state index is 11.8. The van der Waals surface area contributed by atoms with Crippen LogP contribution in [0, 0.1) is 0 Å². The van der Waals surface area contributed by atoms with Crippen LogP contribution in [0.25, 0.3) is 0 Å². The normalized spacial score (nSPS) is 23.8. The topological polar surface area (TPSA) is 71.6 Å². The standard InChI is InChI=1S/C13H20N2O4S/c1-4-18-12(16)11-10(20-13(17)14-11)7-15-5-8(2)19-9(3)6-15/h8-9H,4-7H2,1-3H3,(H,14,17). The van der Waals surface area contributed by atoms with Gasteiger partial charge in [0.15, 0.2) is 0 Å². The average Bonchev–Trinajstić information content (AvgIpc) is 2.69. The molecule has 1 aromatic rings. The third kappa shape index (κ3) is 3.68. The highest BCUT2D eigenvalue weighted by Gasteiger charge is 2.25. The molecule has 2 unspecified atom stereocenters. The van der Waals surface area contributed by atoms with Crippen LogP contribution < -0.4 is 4.87 Å². The van der Waals surface area contributed by atoms with Crippen molar-refractivity contribution >= 4 is 17.3 Å². The Morgan fingerprint density at radius 2 is 2.10 bits per heavy atom. The van der Waals surface area contributed by atoms with E-state index in [-0.39, 0.29) is 22.8 Å². The van der Waals surface area contributed by atoms with Crippen LogP contribution in [0.2, 0.25) is 0 Å². The van der Waals surface area contributed by atoms with Crippen molar-refractivity contribution in [3.8, 4) is 0 Å². The van der Waals surface area contributed by atoms with Gasteiger partial charge in [0.25, 0.3) is 0 Å². The van der Waals surface area contributed by atoms with Crippen molar-refractivity contribution < 1.29 is 14.3 Å². The summed E-state index contributed by atoms with van der Waals surface area (Å²) in [5, 5.41) is 0. The lowest BCUT2D eigenvalue weighted by molar-refractivity contribution is -0.0702. The molecule has 20 heavy (non-hydrogen) atoms. The van der Waals surface area contributed by atoms with Crippen LogP contribution >= 0.6 is 11.3 Å². The maximum absolute atomic E-state index is 11.8. The second kappa shape index (κ2) is 6.51. The molecule has 0 spiro atoms. The van der Waals surface area contributed by atoms with E-state index < -0.39 is 5.97 Å². The van der Waals surface area contributed by atoms with E-state index in [1.165, 1.54) is 0 Å². The molecule has 1 fully saturated rings. The molecular weight excluding hydrogens is 280 g/mol. The fourth-order valence-electron chi connectivity index (χ4n) is 2.46. The van der Waals surface area contributed by atoms with Crippen LogP contribution in [0.5, 0.6) is 0 Å². The quantitative estimate of drug-likeness (QED) is 0.847. The second-order valence-electron chi connectivity index (χ2n) is 4.98. The largest absolute Gasteiger partial charge is 0.461 e. The zero-order chi connectivity index (χ0) is 14.7. The van der Waals surface area contributed by atoms with E-state index in [0.29, 0.717) is 13.2 Å². The molecule has 6 nitrogen and oxygen atoms in total. The summed E-state index contributed by atoms with van der Waals surface area (Å²) in [6.07, 6.45) is 0.306.